The predicted octanol–water partition coefficient (Wildman–Crippen LogP) is 1.54. The van der Waals surface area contributed by atoms with Crippen molar-refractivity contribution in [3.8, 4) is 0 Å². The van der Waals surface area contributed by atoms with E-state index in [-0.39, 0.29) is 0 Å². The number of nitrogens with one attached hydrogen (secondary N) is 1. The molecular weight excluding hydrogens is 210 g/mol. The van der Waals surface area contributed by atoms with Crippen LogP contribution >= 0.6 is 0 Å². The Morgan fingerprint density at radius 2 is 1.88 bits per heavy atom. The van der Waals surface area contributed by atoms with Crippen molar-refractivity contribution in [3.05, 3.63) is 0 Å². The largest absolute Gasteiger partial charge is 0.315 e. The average molecular weight is 239 g/mol. The minimum absolute atomic E-state index is 0.726. The van der Waals surface area contributed by atoms with E-state index in [1.54, 1.807) is 0 Å². The van der Waals surface area contributed by atoms with E-state index < -0.39 is 0 Å². The van der Waals surface area contributed by atoms with Crippen molar-refractivity contribution >= 4 is 0 Å². The van der Waals surface area contributed by atoms with Crippen LogP contribution in [0.25, 0.3) is 0 Å². The van der Waals surface area contributed by atoms with Crippen LogP contribution in [-0.4, -0.2) is 61.7 Å². The fourth-order valence-corrected chi connectivity index (χ4v) is 3.68. The molecule has 0 aromatic rings. The fraction of sp³-hybridized carbons (Fsp3) is 1.00. The highest BCUT2D eigenvalue weighted by molar-refractivity contribution is 4.92. The number of hydrogen-bond acceptors (Lipinski definition) is 3. The van der Waals surface area contributed by atoms with E-state index >= 15 is 0 Å². The lowest BCUT2D eigenvalue weighted by Crippen LogP contribution is -2.51. The predicted molar refractivity (Wildman–Crippen MR) is 73.4 cm³/mol. The number of likely N-dealkylation sites (tertiary alicyclic amines) is 1. The van der Waals surface area contributed by atoms with Crippen LogP contribution < -0.4 is 5.32 Å². The second-order valence-corrected chi connectivity index (χ2v) is 5.72. The molecule has 2 atom stereocenters. The Hall–Kier alpha value is -0.120. The van der Waals surface area contributed by atoms with Gasteiger partial charge in [-0.3, -0.25) is 4.90 Å². The Labute approximate surface area is 107 Å². The maximum atomic E-state index is 3.50. The van der Waals surface area contributed by atoms with Crippen LogP contribution in [0.4, 0.5) is 0 Å². The third kappa shape index (κ3) is 3.01. The van der Waals surface area contributed by atoms with Gasteiger partial charge in [0.15, 0.2) is 0 Å². The maximum absolute atomic E-state index is 3.50. The lowest BCUT2D eigenvalue weighted by Gasteiger charge is -2.40. The SMILES string of the molecule is CCN1CCC(N(C)C2CCCC2NC)CC1. The number of likely N-dealkylation sites (N-methyl/N-ethyl adjacent to an activating group) is 2. The molecule has 1 aliphatic carbocycles. The molecule has 3 heteroatoms. The minimum atomic E-state index is 0.726. The Balaban J connectivity index is 1.85. The maximum Gasteiger partial charge on any atom is 0.0249 e. The van der Waals surface area contributed by atoms with Gasteiger partial charge in [-0.1, -0.05) is 13.3 Å². The molecule has 1 N–H and O–H groups in total. The van der Waals surface area contributed by atoms with E-state index in [2.05, 4.69) is 36.1 Å². The molecule has 3 nitrogen and oxygen atoms in total. The molecular formula is C14H29N3. The van der Waals surface area contributed by atoms with Crippen LogP contribution in [0.5, 0.6) is 0 Å². The first kappa shape index (κ1) is 13.3. The van der Waals surface area contributed by atoms with Crippen molar-refractivity contribution in [2.45, 2.75) is 57.2 Å². The highest BCUT2D eigenvalue weighted by atomic mass is 15.2. The topological polar surface area (TPSA) is 18.5 Å². The monoisotopic (exact) mass is 239 g/mol. The smallest absolute Gasteiger partial charge is 0.0249 e. The summed E-state index contributed by atoms with van der Waals surface area (Å²) >= 11 is 0. The van der Waals surface area contributed by atoms with Gasteiger partial charge in [0, 0.05) is 18.1 Å². The van der Waals surface area contributed by atoms with Gasteiger partial charge in [-0.25, -0.2) is 0 Å². The molecule has 0 aromatic heterocycles. The van der Waals surface area contributed by atoms with Crippen LogP contribution in [0.1, 0.15) is 39.0 Å². The van der Waals surface area contributed by atoms with Gasteiger partial charge in [0.2, 0.25) is 0 Å². The number of nitrogens with zero attached hydrogens (tertiary/aromatic N) is 2. The second kappa shape index (κ2) is 6.17. The van der Waals surface area contributed by atoms with E-state index in [1.165, 1.54) is 51.7 Å². The molecule has 2 fully saturated rings. The van der Waals surface area contributed by atoms with Crippen LogP contribution in [0, 0.1) is 0 Å². The third-order valence-corrected chi connectivity index (χ3v) is 4.95. The molecule has 17 heavy (non-hydrogen) atoms. The molecule has 0 spiro atoms. The first-order valence-corrected chi connectivity index (χ1v) is 7.37. The van der Waals surface area contributed by atoms with Gasteiger partial charge >= 0.3 is 0 Å². The Bertz CT molecular complexity index is 224. The van der Waals surface area contributed by atoms with E-state index in [1.807, 2.05) is 0 Å². The Kier molecular flexibility index (Phi) is 4.83. The summed E-state index contributed by atoms with van der Waals surface area (Å²) in [6, 6.07) is 2.32. The molecule has 0 bridgehead atoms. The summed E-state index contributed by atoms with van der Waals surface area (Å²) in [4.78, 5) is 5.26. The minimum Gasteiger partial charge on any atom is -0.315 e. The van der Waals surface area contributed by atoms with Gasteiger partial charge in [-0.15, -0.1) is 0 Å². The number of hydrogen-bond donors (Lipinski definition) is 1. The van der Waals surface area contributed by atoms with Gasteiger partial charge < -0.3 is 10.2 Å². The highest BCUT2D eigenvalue weighted by Crippen LogP contribution is 2.27. The molecule has 1 saturated carbocycles. The van der Waals surface area contributed by atoms with Gasteiger partial charge in [0.1, 0.15) is 0 Å². The summed E-state index contributed by atoms with van der Waals surface area (Å²) in [7, 11) is 4.48. The van der Waals surface area contributed by atoms with E-state index in [0.29, 0.717) is 0 Å². The quantitative estimate of drug-likeness (QED) is 0.803. The van der Waals surface area contributed by atoms with E-state index in [0.717, 1.165) is 18.1 Å². The molecule has 1 aliphatic heterocycles. The molecule has 0 aromatic carbocycles. The summed E-state index contributed by atoms with van der Waals surface area (Å²) in [6.07, 6.45) is 6.86. The number of rotatable bonds is 4. The zero-order valence-electron chi connectivity index (χ0n) is 11.8. The van der Waals surface area contributed by atoms with Crippen molar-refractivity contribution in [1.29, 1.82) is 0 Å². The highest BCUT2D eigenvalue weighted by Gasteiger charge is 2.33. The summed E-state index contributed by atoms with van der Waals surface area (Å²) in [5, 5.41) is 3.50. The van der Waals surface area contributed by atoms with Gasteiger partial charge in [-0.2, -0.15) is 0 Å². The molecule has 0 radical (unpaired) electrons. The van der Waals surface area contributed by atoms with Crippen molar-refractivity contribution < 1.29 is 0 Å². The molecule has 100 valence electrons. The summed E-state index contributed by atoms with van der Waals surface area (Å²) < 4.78 is 0. The number of piperidine rings is 1. The van der Waals surface area contributed by atoms with E-state index in [9.17, 15) is 0 Å². The summed E-state index contributed by atoms with van der Waals surface area (Å²) in [5.41, 5.74) is 0. The Morgan fingerprint density at radius 1 is 1.18 bits per heavy atom. The molecule has 2 unspecified atom stereocenters. The van der Waals surface area contributed by atoms with Crippen LogP contribution in [0.15, 0.2) is 0 Å². The standard InChI is InChI=1S/C14H29N3/c1-4-17-10-8-12(9-11-17)16(3)14-7-5-6-13(14)15-2/h12-15H,4-11H2,1-3H3. The molecule has 1 heterocycles. The molecule has 2 aliphatic rings. The summed E-state index contributed by atoms with van der Waals surface area (Å²) in [6.45, 7) is 6.09. The first-order valence-electron chi connectivity index (χ1n) is 7.37. The normalized spacial score (nSPS) is 32.5. The zero-order valence-corrected chi connectivity index (χ0v) is 11.8. The van der Waals surface area contributed by atoms with Gasteiger partial charge in [0.25, 0.3) is 0 Å². The third-order valence-electron chi connectivity index (χ3n) is 4.95. The molecule has 0 amide bonds. The van der Waals surface area contributed by atoms with Crippen molar-refractivity contribution in [1.82, 2.24) is 15.1 Å². The lowest BCUT2D eigenvalue weighted by molar-refractivity contribution is 0.0906. The van der Waals surface area contributed by atoms with Crippen LogP contribution in [0.2, 0.25) is 0 Å². The van der Waals surface area contributed by atoms with E-state index in [4.69, 9.17) is 0 Å². The average Bonchev–Trinajstić information content (AvgIpc) is 2.86. The van der Waals surface area contributed by atoms with Crippen LogP contribution in [-0.2, 0) is 0 Å². The lowest BCUT2D eigenvalue weighted by atomic mass is 10.00. The Morgan fingerprint density at radius 3 is 2.47 bits per heavy atom. The summed E-state index contributed by atoms with van der Waals surface area (Å²) in [5.74, 6) is 0. The molecule has 2 rings (SSSR count). The zero-order chi connectivity index (χ0) is 12.3. The van der Waals surface area contributed by atoms with Crippen molar-refractivity contribution in [3.63, 3.8) is 0 Å². The van der Waals surface area contributed by atoms with Crippen molar-refractivity contribution in [2.75, 3.05) is 33.7 Å². The van der Waals surface area contributed by atoms with Crippen molar-refractivity contribution in [2.24, 2.45) is 0 Å². The molecule has 1 saturated heterocycles. The second-order valence-electron chi connectivity index (χ2n) is 5.72. The van der Waals surface area contributed by atoms with Gasteiger partial charge in [0.05, 0.1) is 0 Å². The fourth-order valence-electron chi connectivity index (χ4n) is 3.68. The van der Waals surface area contributed by atoms with Crippen LogP contribution in [0.3, 0.4) is 0 Å². The van der Waals surface area contributed by atoms with Gasteiger partial charge in [-0.05, 0) is 59.4 Å². The first-order chi connectivity index (χ1) is 8.26.